The lowest BCUT2D eigenvalue weighted by Crippen LogP contribution is -2.05. The lowest BCUT2D eigenvalue weighted by Gasteiger charge is -2.12. The van der Waals surface area contributed by atoms with Crippen molar-refractivity contribution >= 4 is 11.7 Å². The van der Waals surface area contributed by atoms with Gasteiger partial charge in [-0.1, -0.05) is 6.08 Å². The van der Waals surface area contributed by atoms with Gasteiger partial charge in [-0.3, -0.25) is 9.36 Å². The SMILES string of the molecule is C=C(OCC1=CC(=O)C=CC1)n1ccnc1. The molecule has 4 nitrogen and oxygen atoms in total. The van der Waals surface area contributed by atoms with Gasteiger partial charge in [-0.05, 0) is 30.7 Å². The zero-order chi connectivity index (χ0) is 11.4. The van der Waals surface area contributed by atoms with Gasteiger partial charge in [0.2, 0.25) is 0 Å². The van der Waals surface area contributed by atoms with Crippen LogP contribution >= 0.6 is 0 Å². The molecule has 1 aliphatic rings. The summed E-state index contributed by atoms with van der Waals surface area (Å²) in [6.07, 6.45) is 10.8. The van der Waals surface area contributed by atoms with Crippen LogP contribution in [0.5, 0.6) is 0 Å². The Morgan fingerprint density at radius 1 is 1.62 bits per heavy atom. The van der Waals surface area contributed by atoms with Gasteiger partial charge in [0.15, 0.2) is 11.7 Å². The highest BCUT2D eigenvalue weighted by atomic mass is 16.5. The predicted molar refractivity (Wildman–Crippen MR) is 60.4 cm³/mol. The summed E-state index contributed by atoms with van der Waals surface area (Å²) in [5, 5.41) is 0. The minimum atomic E-state index is 0.0121. The Bertz CT molecular complexity index is 455. The largest absolute Gasteiger partial charge is 0.474 e. The van der Waals surface area contributed by atoms with Crippen molar-refractivity contribution in [1.82, 2.24) is 9.55 Å². The van der Waals surface area contributed by atoms with E-state index in [2.05, 4.69) is 11.6 Å². The van der Waals surface area contributed by atoms with Crippen molar-refractivity contribution in [2.75, 3.05) is 6.61 Å². The van der Waals surface area contributed by atoms with Gasteiger partial charge in [0, 0.05) is 12.4 Å². The van der Waals surface area contributed by atoms with Gasteiger partial charge in [-0.2, -0.15) is 0 Å². The van der Waals surface area contributed by atoms with Crippen LogP contribution in [0.2, 0.25) is 0 Å². The van der Waals surface area contributed by atoms with E-state index in [0.29, 0.717) is 12.5 Å². The first-order valence-electron chi connectivity index (χ1n) is 4.95. The minimum absolute atomic E-state index is 0.0121. The summed E-state index contributed by atoms with van der Waals surface area (Å²) < 4.78 is 7.13. The van der Waals surface area contributed by atoms with E-state index in [0.717, 1.165) is 12.0 Å². The number of carbonyl (C=O) groups is 1. The summed E-state index contributed by atoms with van der Waals surface area (Å²) in [5.74, 6) is 0.512. The number of ether oxygens (including phenoxy) is 1. The van der Waals surface area contributed by atoms with Gasteiger partial charge in [-0.15, -0.1) is 0 Å². The van der Waals surface area contributed by atoms with E-state index in [4.69, 9.17) is 4.74 Å². The summed E-state index contributed by atoms with van der Waals surface area (Å²) in [5.41, 5.74) is 0.953. The van der Waals surface area contributed by atoms with Crippen molar-refractivity contribution in [1.29, 1.82) is 0 Å². The van der Waals surface area contributed by atoms with Crippen molar-refractivity contribution in [3.8, 4) is 0 Å². The first-order valence-corrected chi connectivity index (χ1v) is 4.95. The van der Waals surface area contributed by atoms with Crippen molar-refractivity contribution in [3.05, 3.63) is 49.1 Å². The van der Waals surface area contributed by atoms with Crippen LogP contribution < -0.4 is 0 Å². The topological polar surface area (TPSA) is 44.1 Å². The summed E-state index contributed by atoms with van der Waals surface area (Å²) in [6.45, 7) is 4.15. The van der Waals surface area contributed by atoms with Gasteiger partial charge in [0.05, 0.1) is 0 Å². The number of ketones is 1. The smallest absolute Gasteiger partial charge is 0.191 e. The first-order chi connectivity index (χ1) is 7.75. The van der Waals surface area contributed by atoms with Crippen molar-refractivity contribution in [3.63, 3.8) is 0 Å². The average molecular weight is 216 g/mol. The van der Waals surface area contributed by atoms with Gasteiger partial charge >= 0.3 is 0 Å². The second kappa shape index (κ2) is 4.61. The number of nitrogens with zero attached hydrogens (tertiary/aromatic N) is 2. The molecular formula is C12H12N2O2. The van der Waals surface area contributed by atoms with Gasteiger partial charge in [0.25, 0.3) is 0 Å². The maximum atomic E-state index is 11.1. The zero-order valence-corrected chi connectivity index (χ0v) is 8.80. The molecule has 82 valence electrons. The molecule has 1 aromatic heterocycles. The molecule has 4 heteroatoms. The molecule has 0 aliphatic heterocycles. The van der Waals surface area contributed by atoms with E-state index in [9.17, 15) is 4.79 Å². The average Bonchev–Trinajstić information content (AvgIpc) is 2.79. The van der Waals surface area contributed by atoms with E-state index in [1.54, 1.807) is 35.4 Å². The molecule has 0 fully saturated rings. The van der Waals surface area contributed by atoms with E-state index in [1.807, 2.05) is 6.08 Å². The van der Waals surface area contributed by atoms with Crippen LogP contribution in [0.15, 0.2) is 49.1 Å². The number of imidazole rings is 1. The fourth-order valence-electron chi connectivity index (χ4n) is 1.39. The minimum Gasteiger partial charge on any atom is -0.474 e. The number of hydrogen-bond donors (Lipinski definition) is 0. The Kier molecular flexibility index (Phi) is 3.00. The van der Waals surface area contributed by atoms with E-state index >= 15 is 0 Å². The van der Waals surface area contributed by atoms with Gasteiger partial charge in [-0.25, -0.2) is 4.98 Å². The molecule has 16 heavy (non-hydrogen) atoms. The normalized spacial score (nSPS) is 14.8. The first kappa shape index (κ1) is 10.4. The molecular weight excluding hydrogens is 204 g/mol. The molecule has 2 rings (SSSR count). The van der Waals surface area contributed by atoms with Crippen LogP contribution in [0.3, 0.4) is 0 Å². The second-order valence-corrected chi connectivity index (χ2v) is 3.46. The number of aromatic nitrogens is 2. The monoisotopic (exact) mass is 216 g/mol. The highest BCUT2D eigenvalue weighted by Crippen LogP contribution is 2.12. The third kappa shape index (κ3) is 2.48. The molecule has 0 saturated carbocycles. The fourth-order valence-corrected chi connectivity index (χ4v) is 1.39. The van der Waals surface area contributed by atoms with Crippen LogP contribution in [-0.2, 0) is 9.53 Å². The van der Waals surface area contributed by atoms with Crippen LogP contribution in [0.25, 0.3) is 5.88 Å². The van der Waals surface area contributed by atoms with E-state index < -0.39 is 0 Å². The Morgan fingerprint density at radius 2 is 2.50 bits per heavy atom. The van der Waals surface area contributed by atoms with Crippen LogP contribution in [0.1, 0.15) is 6.42 Å². The summed E-state index contributed by atoms with van der Waals surface area (Å²) in [7, 11) is 0. The van der Waals surface area contributed by atoms with E-state index in [-0.39, 0.29) is 5.78 Å². The molecule has 1 aromatic rings. The third-order valence-electron chi connectivity index (χ3n) is 2.23. The standard InChI is InChI=1S/C12H12N2O2/c1-10(14-6-5-13-9-14)16-8-11-3-2-4-12(15)7-11/h2,4-7,9H,1,3,8H2. The van der Waals surface area contributed by atoms with Crippen molar-refractivity contribution in [2.45, 2.75) is 6.42 Å². The number of hydrogen-bond acceptors (Lipinski definition) is 3. The van der Waals surface area contributed by atoms with Crippen molar-refractivity contribution in [2.24, 2.45) is 0 Å². The molecule has 0 spiro atoms. The van der Waals surface area contributed by atoms with E-state index in [1.165, 1.54) is 0 Å². The molecule has 0 atom stereocenters. The molecule has 0 amide bonds. The van der Waals surface area contributed by atoms with Crippen LogP contribution in [-0.4, -0.2) is 21.9 Å². The summed E-state index contributed by atoms with van der Waals surface area (Å²) >= 11 is 0. The molecule has 0 unspecified atom stereocenters. The molecule has 1 heterocycles. The Hall–Kier alpha value is -2.10. The highest BCUT2D eigenvalue weighted by Gasteiger charge is 2.06. The lowest BCUT2D eigenvalue weighted by molar-refractivity contribution is -0.110. The van der Waals surface area contributed by atoms with Crippen molar-refractivity contribution < 1.29 is 9.53 Å². The Morgan fingerprint density at radius 3 is 3.19 bits per heavy atom. The highest BCUT2D eigenvalue weighted by molar-refractivity contribution is 6.00. The summed E-state index contributed by atoms with van der Waals surface area (Å²) in [6, 6.07) is 0. The fraction of sp³-hybridized carbons (Fsp3) is 0.167. The Balaban J connectivity index is 1.89. The molecule has 0 bridgehead atoms. The van der Waals surface area contributed by atoms with Gasteiger partial charge in [0.1, 0.15) is 12.9 Å². The van der Waals surface area contributed by atoms with Gasteiger partial charge < -0.3 is 4.74 Å². The van der Waals surface area contributed by atoms with Crippen LogP contribution in [0.4, 0.5) is 0 Å². The predicted octanol–water partition coefficient (Wildman–Crippen LogP) is 1.78. The molecule has 0 radical (unpaired) electrons. The third-order valence-corrected chi connectivity index (χ3v) is 2.23. The summed E-state index contributed by atoms with van der Waals surface area (Å²) in [4.78, 5) is 15.0. The molecule has 0 saturated heterocycles. The Labute approximate surface area is 93.6 Å². The van der Waals surface area contributed by atoms with Crippen LogP contribution in [0, 0.1) is 0 Å². The maximum absolute atomic E-state index is 11.1. The maximum Gasteiger partial charge on any atom is 0.191 e. The second-order valence-electron chi connectivity index (χ2n) is 3.46. The number of rotatable bonds is 4. The lowest BCUT2D eigenvalue weighted by atomic mass is 10.1. The number of allylic oxidation sites excluding steroid dienone is 3. The molecule has 1 aliphatic carbocycles. The molecule has 0 aromatic carbocycles. The zero-order valence-electron chi connectivity index (χ0n) is 8.80. The quantitative estimate of drug-likeness (QED) is 0.720. The molecule has 0 N–H and O–H groups in total. The number of carbonyl (C=O) groups excluding carboxylic acids is 1.